The Kier molecular flexibility index (Phi) is 11.9. The van der Waals surface area contributed by atoms with E-state index >= 15 is 0 Å². The molecule has 156 valence electrons. The molecule has 1 aliphatic rings. The minimum Gasteiger partial charge on any atom is -0.363 e. The minimum atomic E-state index is 0. The Balaban J connectivity index is 0.00000196. The summed E-state index contributed by atoms with van der Waals surface area (Å²) in [6.07, 6.45) is 1.67. The van der Waals surface area contributed by atoms with Gasteiger partial charge in [0.1, 0.15) is 6.23 Å². The van der Waals surface area contributed by atoms with Crippen molar-refractivity contribution < 1.29 is 9.53 Å². The Labute approximate surface area is 184 Å². The highest BCUT2D eigenvalue weighted by Crippen LogP contribution is 2.15. The van der Waals surface area contributed by atoms with Gasteiger partial charge in [0.05, 0.1) is 4.88 Å². The lowest BCUT2D eigenvalue weighted by Gasteiger charge is -2.39. The van der Waals surface area contributed by atoms with Crippen LogP contribution in [0, 0.1) is 0 Å². The normalized spacial score (nSPS) is 16.0. The molecule has 0 aliphatic carbocycles. The van der Waals surface area contributed by atoms with Crippen molar-refractivity contribution in [1.29, 1.82) is 0 Å². The van der Waals surface area contributed by atoms with Crippen molar-refractivity contribution in [1.82, 2.24) is 9.80 Å². The molecule has 1 saturated heterocycles. The van der Waals surface area contributed by atoms with Gasteiger partial charge in [-0.1, -0.05) is 36.4 Å². The number of halogens is 2. The summed E-state index contributed by atoms with van der Waals surface area (Å²) in [4.78, 5) is 17.9. The molecule has 1 aromatic carbocycles. The first-order chi connectivity index (χ1) is 12.8. The number of hydrogen-bond acceptors (Lipinski definition) is 5. The molecule has 28 heavy (non-hydrogen) atoms. The first kappa shape index (κ1) is 25.1. The van der Waals surface area contributed by atoms with Gasteiger partial charge in [0.25, 0.3) is 0 Å². The van der Waals surface area contributed by atoms with Crippen LogP contribution in [0.3, 0.4) is 0 Å². The maximum atomic E-state index is 12.2. The van der Waals surface area contributed by atoms with Crippen molar-refractivity contribution in [3.8, 4) is 0 Å². The van der Waals surface area contributed by atoms with Crippen LogP contribution in [0.1, 0.15) is 28.6 Å². The second-order valence-corrected chi connectivity index (χ2v) is 7.58. The van der Waals surface area contributed by atoms with Gasteiger partial charge in [0.2, 0.25) is 0 Å². The van der Waals surface area contributed by atoms with Crippen molar-refractivity contribution in [2.24, 2.45) is 0 Å². The van der Waals surface area contributed by atoms with E-state index in [2.05, 4.69) is 47.1 Å². The van der Waals surface area contributed by atoms with Crippen LogP contribution in [0.4, 0.5) is 0 Å². The van der Waals surface area contributed by atoms with Crippen LogP contribution in [-0.2, 0) is 11.2 Å². The van der Waals surface area contributed by atoms with Crippen LogP contribution in [0.2, 0.25) is 0 Å². The first-order valence-corrected chi connectivity index (χ1v) is 10.3. The molecule has 1 unspecified atom stereocenters. The van der Waals surface area contributed by atoms with Crippen LogP contribution >= 0.6 is 36.2 Å². The van der Waals surface area contributed by atoms with Gasteiger partial charge >= 0.3 is 0 Å². The fourth-order valence-electron chi connectivity index (χ4n) is 3.40. The van der Waals surface area contributed by atoms with Crippen LogP contribution in [0.25, 0.3) is 0 Å². The van der Waals surface area contributed by atoms with E-state index in [4.69, 9.17) is 4.74 Å². The number of ketones is 1. The minimum absolute atomic E-state index is 0. The summed E-state index contributed by atoms with van der Waals surface area (Å²) in [5.41, 5.74) is 1.31. The third kappa shape index (κ3) is 7.47. The van der Waals surface area contributed by atoms with Crippen molar-refractivity contribution in [2.75, 3.05) is 39.3 Å². The molecule has 2 aromatic rings. The maximum Gasteiger partial charge on any atom is 0.174 e. The van der Waals surface area contributed by atoms with Crippen LogP contribution < -0.4 is 0 Å². The molecule has 3 rings (SSSR count). The summed E-state index contributed by atoms with van der Waals surface area (Å²) in [6.45, 7) is 7.61. The highest BCUT2D eigenvalue weighted by atomic mass is 35.5. The number of carbonyl (C=O) groups is 1. The largest absolute Gasteiger partial charge is 0.363 e. The van der Waals surface area contributed by atoms with E-state index in [9.17, 15) is 4.79 Å². The molecule has 1 fully saturated rings. The van der Waals surface area contributed by atoms with E-state index in [-0.39, 0.29) is 36.8 Å². The van der Waals surface area contributed by atoms with Crippen molar-refractivity contribution in [3.05, 3.63) is 58.3 Å². The quantitative estimate of drug-likeness (QED) is 0.536. The molecule has 0 amide bonds. The van der Waals surface area contributed by atoms with E-state index in [0.717, 1.165) is 50.6 Å². The SMILES string of the molecule is CCOC(Cc1ccccc1)N1CCN(CCC(=O)c2cccs2)CC1.Cl.Cl. The number of piperazine rings is 1. The van der Waals surface area contributed by atoms with Crippen molar-refractivity contribution in [3.63, 3.8) is 0 Å². The number of benzene rings is 1. The Morgan fingerprint density at radius 1 is 1.07 bits per heavy atom. The molecule has 0 radical (unpaired) electrons. The summed E-state index contributed by atoms with van der Waals surface area (Å²) in [5, 5.41) is 1.96. The Hall–Kier alpha value is -0.950. The van der Waals surface area contributed by atoms with Crippen molar-refractivity contribution in [2.45, 2.75) is 26.0 Å². The molecule has 1 aliphatic heterocycles. The number of nitrogens with zero attached hydrogens (tertiary/aromatic N) is 2. The number of rotatable bonds is 9. The average Bonchev–Trinajstić information content (AvgIpc) is 3.22. The molecular formula is C21H30Cl2N2O2S. The van der Waals surface area contributed by atoms with E-state index in [1.807, 2.05) is 17.5 Å². The Morgan fingerprint density at radius 3 is 2.39 bits per heavy atom. The molecule has 1 atom stereocenters. The first-order valence-electron chi connectivity index (χ1n) is 9.45. The highest BCUT2D eigenvalue weighted by molar-refractivity contribution is 7.12. The van der Waals surface area contributed by atoms with Gasteiger partial charge in [-0.2, -0.15) is 0 Å². The predicted molar refractivity (Wildman–Crippen MR) is 121 cm³/mol. The van der Waals surface area contributed by atoms with Gasteiger partial charge in [-0.05, 0) is 23.9 Å². The summed E-state index contributed by atoms with van der Waals surface area (Å²) in [6, 6.07) is 14.4. The number of carbonyl (C=O) groups excluding carboxylic acids is 1. The van der Waals surface area contributed by atoms with Crippen LogP contribution in [-0.4, -0.2) is 61.1 Å². The molecule has 0 N–H and O–H groups in total. The summed E-state index contributed by atoms with van der Waals surface area (Å²) in [5.74, 6) is 0.263. The zero-order valence-corrected chi connectivity index (χ0v) is 18.7. The maximum absolute atomic E-state index is 12.2. The lowest BCUT2D eigenvalue weighted by atomic mass is 10.1. The van der Waals surface area contributed by atoms with E-state index < -0.39 is 0 Å². The molecule has 0 saturated carbocycles. The van der Waals surface area contributed by atoms with Gasteiger partial charge in [0, 0.05) is 52.2 Å². The lowest BCUT2D eigenvalue weighted by molar-refractivity contribution is -0.0711. The average molecular weight is 445 g/mol. The number of ether oxygens (including phenoxy) is 1. The molecule has 2 heterocycles. The lowest BCUT2D eigenvalue weighted by Crippen LogP contribution is -2.52. The van der Waals surface area contributed by atoms with Gasteiger partial charge < -0.3 is 9.64 Å². The molecule has 4 nitrogen and oxygen atoms in total. The zero-order valence-electron chi connectivity index (χ0n) is 16.3. The van der Waals surface area contributed by atoms with Crippen LogP contribution in [0.15, 0.2) is 47.8 Å². The van der Waals surface area contributed by atoms with Crippen molar-refractivity contribution >= 4 is 41.9 Å². The van der Waals surface area contributed by atoms with Gasteiger partial charge in [-0.25, -0.2) is 0 Å². The second-order valence-electron chi connectivity index (χ2n) is 6.63. The van der Waals surface area contributed by atoms with Gasteiger partial charge in [0.15, 0.2) is 5.78 Å². The fourth-order valence-corrected chi connectivity index (χ4v) is 4.09. The molecular weight excluding hydrogens is 415 g/mol. The number of thiophene rings is 1. The van der Waals surface area contributed by atoms with E-state index in [1.165, 1.54) is 16.9 Å². The number of Topliss-reactive ketones (excluding diaryl/α,β-unsaturated/α-hetero) is 1. The topological polar surface area (TPSA) is 32.8 Å². The van der Waals surface area contributed by atoms with Crippen LogP contribution in [0.5, 0.6) is 0 Å². The fraction of sp³-hybridized carbons (Fsp3) is 0.476. The summed E-state index contributed by atoms with van der Waals surface area (Å²) < 4.78 is 6.02. The molecule has 0 bridgehead atoms. The smallest absolute Gasteiger partial charge is 0.174 e. The van der Waals surface area contributed by atoms with E-state index in [1.54, 1.807) is 0 Å². The highest BCUT2D eigenvalue weighted by Gasteiger charge is 2.24. The molecule has 0 spiro atoms. The molecule has 7 heteroatoms. The van der Waals surface area contributed by atoms with Gasteiger partial charge in [-0.3, -0.25) is 9.69 Å². The number of hydrogen-bond donors (Lipinski definition) is 0. The predicted octanol–water partition coefficient (Wildman–Crippen LogP) is 4.39. The molecule has 1 aromatic heterocycles. The van der Waals surface area contributed by atoms with Gasteiger partial charge in [-0.15, -0.1) is 36.2 Å². The Bertz CT molecular complexity index is 662. The summed E-state index contributed by atoms with van der Waals surface area (Å²) in [7, 11) is 0. The third-order valence-electron chi connectivity index (χ3n) is 4.88. The summed E-state index contributed by atoms with van der Waals surface area (Å²) >= 11 is 1.54. The zero-order chi connectivity index (χ0) is 18.2. The standard InChI is InChI=1S/C21H28N2O2S.2ClH/c1-2-25-21(17-18-7-4-3-5-8-18)23-14-12-22(13-15-23)11-10-19(24)20-9-6-16-26-20;;/h3-9,16,21H,2,10-15,17H2,1H3;2*1H. The monoisotopic (exact) mass is 444 g/mol. The third-order valence-corrected chi connectivity index (χ3v) is 5.79. The Morgan fingerprint density at radius 2 is 1.79 bits per heavy atom. The van der Waals surface area contributed by atoms with E-state index in [0.29, 0.717) is 6.42 Å². The second kappa shape index (κ2) is 13.3.